The number of hydrogen-bond donors (Lipinski definition) is 3. The van der Waals surface area contributed by atoms with Gasteiger partial charge in [-0.25, -0.2) is 9.65 Å². The van der Waals surface area contributed by atoms with Crippen molar-refractivity contribution >= 4 is 7.75 Å². The minimum absolute atomic E-state index is 0.419. The quantitative estimate of drug-likeness (QED) is 0.271. The third kappa shape index (κ3) is 20.1. The van der Waals surface area contributed by atoms with E-state index in [1.807, 2.05) is 0 Å². The summed E-state index contributed by atoms with van der Waals surface area (Å²) in [5, 5.41) is 2.23. The predicted octanol–water partition coefficient (Wildman–Crippen LogP) is 5.15. The third-order valence-corrected chi connectivity index (χ3v) is 4.48. The van der Waals surface area contributed by atoms with Gasteiger partial charge in [-0.15, -0.1) is 0 Å². The van der Waals surface area contributed by atoms with Crippen molar-refractivity contribution in [1.29, 1.82) is 0 Å². The van der Waals surface area contributed by atoms with Crippen molar-refractivity contribution in [3.63, 3.8) is 0 Å². The fourth-order valence-corrected chi connectivity index (χ4v) is 2.99. The molecule has 0 spiro atoms. The molecule has 0 fully saturated rings. The third-order valence-electron chi connectivity index (χ3n) is 3.85. The first-order valence-corrected chi connectivity index (χ1v) is 10.5. The van der Waals surface area contributed by atoms with Gasteiger partial charge in [0.1, 0.15) is 0 Å². The molecule has 21 heavy (non-hydrogen) atoms. The second-order valence-electron chi connectivity index (χ2n) is 6.05. The molecule has 0 saturated carbocycles. The van der Waals surface area contributed by atoms with Crippen LogP contribution >= 0.6 is 7.75 Å². The maximum absolute atomic E-state index is 10.5. The van der Waals surface area contributed by atoms with Crippen LogP contribution < -0.4 is 5.09 Å². The molecule has 0 saturated heterocycles. The highest BCUT2D eigenvalue weighted by molar-refractivity contribution is 7.49. The molecule has 0 amide bonds. The van der Waals surface area contributed by atoms with Gasteiger partial charge in [-0.3, -0.25) is 0 Å². The number of nitrogens with one attached hydrogen (secondary N) is 1. The molecule has 0 aliphatic carbocycles. The van der Waals surface area contributed by atoms with Crippen molar-refractivity contribution in [2.75, 3.05) is 6.54 Å². The first-order chi connectivity index (χ1) is 10.1. The Morgan fingerprint density at radius 2 is 1.00 bits per heavy atom. The maximum Gasteiger partial charge on any atom is 0.400 e. The highest BCUT2D eigenvalue weighted by Gasteiger charge is 2.09. The van der Waals surface area contributed by atoms with Crippen molar-refractivity contribution in [3.05, 3.63) is 0 Å². The van der Waals surface area contributed by atoms with Crippen molar-refractivity contribution in [2.24, 2.45) is 0 Å². The molecule has 0 bridgehead atoms. The molecule has 0 rings (SSSR count). The number of unbranched alkanes of at least 4 members (excludes halogenated alkanes) is 13. The normalized spacial score (nSPS) is 12.0. The van der Waals surface area contributed by atoms with E-state index in [0.717, 1.165) is 12.8 Å². The van der Waals surface area contributed by atoms with Crippen molar-refractivity contribution in [2.45, 2.75) is 96.8 Å². The molecule has 0 aromatic rings. The lowest BCUT2D eigenvalue weighted by Gasteiger charge is -2.06. The van der Waals surface area contributed by atoms with Crippen LogP contribution in [0.25, 0.3) is 0 Å². The van der Waals surface area contributed by atoms with Gasteiger partial charge in [0.2, 0.25) is 0 Å². The van der Waals surface area contributed by atoms with Gasteiger partial charge in [-0.2, -0.15) is 0 Å². The molecule has 0 atom stereocenters. The summed E-state index contributed by atoms with van der Waals surface area (Å²) in [6.45, 7) is 2.68. The van der Waals surface area contributed by atoms with Crippen LogP contribution in [0.1, 0.15) is 96.8 Å². The van der Waals surface area contributed by atoms with Gasteiger partial charge in [0.05, 0.1) is 0 Å². The SMILES string of the molecule is CCCCCCCCCCCCCCCCNP(=O)(O)O. The van der Waals surface area contributed by atoms with Crippen LogP contribution in [-0.2, 0) is 4.57 Å². The summed E-state index contributed by atoms with van der Waals surface area (Å²) in [7, 11) is -4.00. The highest BCUT2D eigenvalue weighted by atomic mass is 31.2. The summed E-state index contributed by atoms with van der Waals surface area (Å²) in [5.74, 6) is 0. The lowest BCUT2D eigenvalue weighted by Crippen LogP contribution is -2.10. The van der Waals surface area contributed by atoms with Crippen LogP contribution in [0.4, 0.5) is 0 Å². The van der Waals surface area contributed by atoms with E-state index in [0.29, 0.717) is 6.54 Å². The fraction of sp³-hybridized carbons (Fsp3) is 1.00. The minimum atomic E-state index is -4.00. The Hall–Kier alpha value is 0.110. The zero-order chi connectivity index (χ0) is 15.8. The molecule has 0 aliphatic heterocycles. The van der Waals surface area contributed by atoms with Gasteiger partial charge in [-0.1, -0.05) is 90.4 Å². The van der Waals surface area contributed by atoms with Gasteiger partial charge in [0, 0.05) is 6.54 Å². The van der Waals surface area contributed by atoms with Crippen LogP contribution in [0, 0.1) is 0 Å². The van der Waals surface area contributed by atoms with E-state index in [-0.39, 0.29) is 0 Å². The van der Waals surface area contributed by atoms with Crippen LogP contribution in [0.5, 0.6) is 0 Å². The van der Waals surface area contributed by atoms with Gasteiger partial charge in [0.25, 0.3) is 0 Å². The maximum atomic E-state index is 10.5. The Labute approximate surface area is 131 Å². The molecule has 0 aromatic carbocycles. The Balaban J connectivity index is 3.01. The van der Waals surface area contributed by atoms with E-state index in [4.69, 9.17) is 9.79 Å². The van der Waals surface area contributed by atoms with Crippen molar-refractivity contribution in [3.8, 4) is 0 Å². The fourth-order valence-electron chi connectivity index (χ4n) is 2.54. The highest BCUT2D eigenvalue weighted by Crippen LogP contribution is 2.27. The van der Waals surface area contributed by atoms with E-state index in [1.165, 1.54) is 77.0 Å². The molecule has 0 aliphatic rings. The predicted molar refractivity (Wildman–Crippen MR) is 90.4 cm³/mol. The molecule has 0 aromatic heterocycles. The Morgan fingerprint density at radius 3 is 1.33 bits per heavy atom. The molecule has 128 valence electrons. The van der Waals surface area contributed by atoms with Gasteiger partial charge < -0.3 is 9.79 Å². The van der Waals surface area contributed by atoms with E-state index in [2.05, 4.69) is 12.0 Å². The second kappa shape index (κ2) is 15.0. The van der Waals surface area contributed by atoms with Crippen LogP contribution in [-0.4, -0.2) is 16.3 Å². The topological polar surface area (TPSA) is 69.6 Å². The zero-order valence-electron chi connectivity index (χ0n) is 13.9. The van der Waals surface area contributed by atoms with E-state index in [9.17, 15) is 4.57 Å². The first kappa shape index (κ1) is 21.1. The Morgan fingerprint density at radius 1 is 0.667 bits per heavy atom. The molecule has 0 unspecified atom stereocenters. The summed E-state index contributed by atoms with van der Waals surface area (Å²) in [5.41, 5.74) is 0. The molecular weight excluding hydrogens is 285 g/mol. The summed E-state index contributed by atoms with van der Waals surface area (Å²) in [6, 6.07) is 0. The minimum Gasteiger partial charge on any atom is -0.313 e. The average Bonchev–Trinajstić information content (AvgIpc) is 2.42. The summed E-state index contributed by atoms with van der Waals surface area (Å²) >= 11 is 0. The monoisotopic (exact) mass is 321 g/mol. The van der Waals surface area contributed by atoms with Crippen LogP contribution in [0.15, 0.2) is 0 Å². The zero-order valence-corrected chi connectivity index (χ0v) is 14.8. The van der Waals surface area contributed by atoms with E-state index >= 15 is 0 Å². The van der Waals surface area contributed by atoms with Crippen molar-refractivity contribution < 1.29 is 14.4 Å². The Bertz CT molecular complexity index is 256. The lowest BCUT2D eigenvalue weighted by molar-refractivity contribution is 0.356. The molecule has 5 heteroatoms. The van der Waals surface area contributed by atoms with Crippen molar-refractivity contribution in [1.82, 2.24) is 5.09 Å². The van der Waals surface area contributed by atoms with Gasteiger partial charge >= 0.3 is 7.75 Å². The van der Waals surface area contributed by atoms with Crippen LogP contribution in [0.3, 0.4) is 0 Å². The van der Waals surface area contributed by atoms with Gasteiger partial charge in [0.15, 0.2) is 0 Å². The van der Waals surface area contributed by atoms with Crippen LogP contribution in [0.2, 0.25) is 0 Å². The molecule has 4 nitrogen and oxygen atoms in total. The number of rotatable bonds is 16. The molecule has 0 radical (unpaired) electrons. The molecular formula is C16H36NO3P. The van der Waals surface area contributed by atoms with E-state index < -0.39 is 7.75 Å². The lowest BCUT2D eigenvalue weighted by atomic mass is 10.0. The summed E-state index contributed by atoms with van der Waals surface area (Å²) < 4.78 is 10.5. The average molecular weight is 321 g/mol. The molecule has 0 heterocycles. The standard InChI is InChI=1S/C16H36NO3P/c1-2-3-4-5-6-7-8-9-10-11-12-13-14-15-16-17-21(18,19)20/h2-16H2,1H3,(H3,17,18,19,20). The van der Waals surface area contributed by atoms with E-state index in [1.54, 1.807) is 0 Å². The second-order valence-corrected chi connectivity index (χ2v) is 7.45. The Kier molecular flexibility index (Phi) is 15.1. The summed E-state index contributed by atoms with van der Waals surface area (Å²) in [6.07, 6.45) is 18.1. The largest absolute Gasteiger partial charge is 0.400 e. The smallest absolute Gasteiger partial charge is 0.313 e. The molecule has 3 N–H and O–H groups in total. The number of hydrogen-bond acceptors (Lipinski definition) is 1. The summed E-state index contributed by atoms with van der Waals surface area (Å²) in [4.78, 5) is 17.2. The first-order valence-electron chi connectivity index (χ1n) is 8.87. The van der Waals surface area contributed by atoms with Gasteiger partial charge in [-0.05, 0) is 6.42 Å².